The number of nitriles is 2. The number of carbonyl (C=O) groups is 1. The number of nitroso groups, excluding NO2 is 1. The molecule has 4 aromatic rings. The number of hydrogen-bond donors (Lipinski definition) is 0. The van der Waals surface area contributed by atoms with Crippen LogP contribution < -0.4 is 0 Å². The smallest absolute Gasteiger partial charge is 0.279 e. The summed E-state index contributed by atoms with van der Waals surface area (Å²) in [7, 11) is 0. The molecule has 6 rings (SSSR count). The van der Waals surface area contributed by atoms with Crippen molar-refractivity contribution in [2.75, 3.05) is 0 Å². The second kappa shape index (κ2) is 14.4. The zero-order valence-corrected chi connectivity index (χ0v) is 27.8. The topological polar surface area (TPSA) is 99.0 Å². The van der Waals surface area contributed by atoms with Crippen LogP contribution in [0.2, 0.25) is 0 Å². The highest BCUT2D eigenvalue weighted by Gasteiger charge is 2.28. The number of allylic oxidation sites excluding steroid dienone is 5. The van der Waals surface area contributed by atoms with Crippen LogP contribution in [0.15, 0.2) is 101 Å². The molecule has 1 heterocycles. The van der Waals surface area contributed by atoms with Gasteiger partial charge in [-0.15, -0.1) is 4.91 Å². The van der Waals surface area contributed by atoms with Gasteiger partial charge in [-0.3, -0.25) is 8.77 Å². The number of nitrogens with zero attached hydrogens (tertiary/aromatic N) is 4. The first-order chi connectivity index (χ1) is 23.3. The SMILES string of the molecule is Cc1ccc2c(c1)c(-c1c(C#N)cccc1C#N)c(-c1cccc(C3CCCC(C(=O)N=O)CC3)c1)n2SC1=CCC=C(C(C)F)C=C1. The van der Waals surface area contributed by atoms with Crippen molar-refractivity contribution >= 4 is 28.8 Å². The monoisotopic (exact) mass is 654 g/mol. The average Bonchev–Trinajstić information content (AvgIpc) is 3.31. The molecule has 0 spiro atoms. The molecule has 1 saturated carbocycles. The van der Waals surface area contributed by atoms with Crippen LogP contribution in [0.25, 0.3) is 33.3 Å². The number of fused-ring (bicyclic) bond motifs is 1. The van der Waals surface area contributed by atoms with E-state index in [4.69, 9.17) is 0 Å². The Bertz CT molecular complexity index is 2060. The number of carbonyl (C=O) groups excluding carboxylic acids is 1. The van der Waals surface area contributed by atoms with Crippen LogP contribution in [0.1, 0.15) is 73.6 Å². The van der Waals surface area contributed by atoms with E-state index >= 15 is 0 Å². The van der Waals surface area contributed by atoms with E-state index in [1.807, 2.05) is 31.2 Å². The van der Waals surface area contributed by atoms with E-state index in [1.54, 1.807) is 25.1 Å². The lowest BCUT2D eigenvalue weighted by Crippen LogP contribution is -2.10. The molecule has 0 bridgehead atoms. The molecule has 1 fully saturated rings. The van der Waals surface area contributed by atoms with Gasteiger partial charge in [0.2, 0.25) is 0 Å². The summed E-state index contributed by atoms with van der Waals surface area (Å²) in [5.74, 6) is -0.681. The minimum absolute atomic E-state index is 0.200. The Hall–Kier alpha value is -5.05. The van der Waals surface area contributed by atoms with Crippen molar-refractivity contribution < 1.29 is 9.18 Å². The molecule has 3 aromatic carbocycles. The van der Waals surface area contributed by atoms with Gasteiger partial charge in [0.25, 0.3) is 5.91 Å². The molecule has 6 nitrogen and oxygen atoms in total. The van der Waals surface area contributed by atoms with Gasteiger partial charge in [0.05, 0.1) is 34.5 Å². The third kappa shape index (κ3) is 6.54. The molecule has 2 aliphatic rings. The second-order valence-electron chi connectivity index (χ2n) is 12.5. The fourth-order valence-electron chi connectivity index (χ4n) is 6.98. The van der Waals surface area contributed by atoms with Gasteiger partial charge in [0, 0.05) is 38.1 Å². The predicted molar refractivity (Wildman–Crippen MR) is 191 cm³/mol. The molecule has 0 N–H and O–H groups in total. The number of aromatic nitrogens is 1. The molecule has 3 atom stereocenters. The first-order valence-electron chi connectivity index (χ1n) is 16.3. The summed E-state index contributed by atoms with van der Waals surface area (Å²) in [5, 5.41) is 24.2. The molecule has 1 aromatic heterocycles. The quantitative estimate of drug-likeness (QED) is 0.146. The summed E-state index contributed by atoms with van der Waals surface area (Å²) in [5.41, 5.74) is 7.78. The van der Waals surface area contributed by atoms with E-state index in [-0.39, 0.29) is 11.8 Å². The van der Waals surface area contributed by atoms with Crippen molar-refractivity contribution in [1.29, 1.82) is 10.5 Å². The zero-order valence-electron chi connectivity index (χ0n) is 26.9. The molecular formula is C40H35FN4O2S. The number of halogens is 1. The lowest BCUT2D eigenvalue weighted by atomic mass is 9.88. The maximum Gasteiger partial charge on any atom is 0.289 e. The molecule has 2 aliphatic carbocycles. The minimum atomic E-state index is -1.07. The van der Waals surface area contributed by atoms with Crippen molar-refractivity contribution in [3.8, 4) is 34.5 Å². The van der Waals surface area contributed by atoms with E-state index in [1.165, 1.54) is 11.9 Å². The number of amides is 1. The van der Waals surface area contributed by atoms with Crippen LogP contribution in [0.3, 0.4) is 0 Å². The van der Waals surface area contributed by atoms with Gasteiger partial charge in [-0.25, -0.2) is 4.39 Å². The summed E-state index contributed by atoms with van der Waals surface area (Å²) in [6, 6.07) is 24.6. The third-order valence-corrected chi connectivity index (χ3v) is 10.5. The molecule has 0 aliphatic heterocycles. The van der Waals surface area contributed by atoms with E-state index in [2.05, 4.69) is 63.8 Å². The van der Waals surface area contributed by atoms with E-state index < -0.39 is 12.1 Å². The van der Waals surface area contributed by atoms with Crippen molar-refractivity contribution in [3.63, 3.8) is 0 Å². The van der Waals surface area contributed by atoms with Crippen molar-refractivity contribution in [1.82, 2.24) is 3.97 Å². The van der Waals surface area contributed by atoms with Gasteiger partial charge in [0.1, 0.15) is 6.17 Å². The zero-order chi connectivity index (χ0) is 33.8. The number of hydrogen-bond acceptors (Lipinski definition) is 5. The van der Waals surface area contributed by atoms with E-state index in [0.29, 0.717) is 41.5 Å². The Balaban J connectivity index is 1.57. The maximum absolute atomic E-state index is 14.2. The van der Waals surface area contributed by atoms with Crippen molar-refractivity contribution in [2.45, 2.75) is 64.5 Å². The molecule has 1 amide bonds. The van der Waals surface area contributed by atoms with Gasteiger partial charge >= 0.3 is 0 Å². The Morgan fingerprint density at radius 1 is 0.958 bits per heavy atom. The van der Waals surface area contributed by atoms with Crippen LogP contribution in [0.4, 0.5) is 4.39 Å². The third-order valence-electron chi connectivity index (χ3n) is 9.44. The largest absolute Gasteiger partial charge is 0.289 e. The highest BCUT2D eigenvalue weighted by atomic mass is 32.2. The molecule has 8 heteroatoms. The van der Waals surface area contributed by atoms with Crippen LogP contribution in [0, 0.1) is 40.4 Å². The molecule has 48 heavy (non-hydrogen) atoms. The fourth-order valence-corrected chi connectivity index (χ4v) is 8.04. The van der Waals surface area contributed by atoms with Crippen LogP contribution >= 0.6 is 11.9 Å². The summed E-state index contributed by atoms with van der Waals surface area (Å²) in [6.07, 6.45) is 11.1. The molecule has 3 unspecified atom stereocenters. The van der Waals surface area contributed by atoms with E-state index in [9.17, 15) is 24.6 Å². The summed E-state index contributed by atoms with van der Waals surface area (Å²) >= 11 is 1.53. The second-order valence-corrected chi connectivity index (χ2v) is 13.6. The lowest BCUT2D eigenvalue weighted by molar-refractivity contribution is -0.122. The van der Waals surface area contributed by atoms with Gasteiger partial charge in [-0.05, 0) is 111 Å². The van der Waals surface area contributed by atoms with Crippen molar-refractivity contribution in [3.05, 3.63) is 123 Å². The van der Waals surface area contributed by atoms with Gasteiger partial charge in [-0.2, -0.15) is 10.5 Å². The summed E-state index contributed by atoms with van der Waals surface area (Å²) in [6.45, 7) is 3.57. The number of rotatable bonds is 7. The molecule has 0 radical (unpaired) electrons. The summed E-state index contributed by atoms with van der Waals surface area (Å²) < 4.78 is 16.4. The van der Waals surface area contributed by atoms with Crippen molar-refractivity contribution in [2.24, 2.45) is 11.1 Å². The Morgan fingerprint density at radius 2 is 1.73 bits per heavy atom. The number of benzene rings is 3. The average molecular weight is 655 g/mol. The highest BCUT2D eigenvalue weighted by molar-refractivity contribution is 8.02. The van der Waals surface area contributed by atoms with Gasteiger partial charge < -0.3 is 0 Å². The Kier molecular flexibility index (Phi) is 9.85. The summed E-state index contributed by atoms with van der Waals surface area (Å²) in [4.78, 5) is 24.0. The highest BCUT2D eigenvalue weighted by Crippen LogP contribution is 2.48. The fraction of sp³-hybridized carbons (Fsp3) is 0.275. The Labute approximate surface area is 284 Å². The van der Waals surface area contributed by atoms with Crippen LogP contribution in [-0.2, 0) is 4.79 Å². The van der Waals surface area contributed by atoms with E-state index in [0.717, 1.165) is 63.0 Å². The molecule has 0 saturated heterocycles. The molecule has 240 valence electrons. The van der Waals surface area contributed by atoms with Crippen LogP contribution in [-0.4, -0.2) is 16.1 Å². The van der Waals surface area contributed by atoms with Gasteiger partial charge in [0.15, 0.2) is 0 Å². The molecular weight excluding hydrogens is 620 g/mol. The predicted octanol–water partition coefficient (Wildman–Crippen LogP) is 10.6. The number of alkyl halides is 1. The Morgan fingerprint density at radius 3 is 2.46 bits per heavy atom. The lowest BCUT2D eigenvalue weighted by Gasteiger charge is -2.18. The first kappa shape index (κ1) is 32.9. The van der Waals surface area contributed by atoms with Crippen LogP contribution in [0.5, 0.6) is 0 Å². The first-order valence-corrected chi connectivity index (χ1v) is 17.1. The minimum Gasteiger partial charge on any atom is -0.279 e. The normalized spacial score (nSPS) is 18.5. The van der Waals surface area contributed by atoms with Gasteiger partial charge in [-0.1, -0.05) is 60.5 Å². The standard InChI is InChI=1S/C40H35FN4O2S/c1-25-15-20-36-35(21-25)38(37-32(23-42)12-5-13-33(37)24-43)39(45(36)48-34-14-6-7-27(18-19-34)26(2)41)31-11-4-10-30(22-31)28-8-3-9-29(17-16-28)40(46)44-47/h4-5,7,10-15,18-22,26,28-29H,3,6,8-9,16-17H2,1-2H3. The maximum atomic E-state index is 14.2. The number of aryl methyl sites for hydroxylation is 1.